The van der Waals surface area contributed by atoms with E-state index in [9.17, 15) is 13.2 Å². The summed E-state index contributed by atoms with van der Waals surface area (Å²) in [5.74, 6) is 0.619. The van der Waals surface area contributed by atoms with Crippen molar-refractivity contribution in [2.24, 2.45) is 4.99 Å². The lowest BCUT2D eigenvalue weighted by atomic mass is 10.2. The number of nitrogens with one attached hydrogen (secondary N) is 3. The fraction of sp³-hybridized carbons (Fsp3) is 0.688. The number of alkyl halides is 3. The molecule has 7 nitrogen and oxygen atoms in total. The first-order chi connectivity index (χ1) is 12.4. The summed E-state index contributed by atoms with van der Waals surface area (Å²) >= 11 is 0. The van der Waals surface area contributed by atoms with E-state index in [1.807, 2.05) is 0 Å². The number of hydrogen-bond donors (Lipinski definition) is 3. The second-order valence-corrected chi connectivity index (χ2v) is 5.99. The highest BCUT2D eigenvalue weighted by Crippen LogP contribution is 2.27. The maximum Gasteiger partial charge on any atom is 0.433 e. The Hall–Kier alpha value is -2.10. The highest BCUT2D eigenvalue weighted by molar-refractivity contribution is 5.79. The molecule has 2 heterocycles. The van der Waals surface area contributed by atoms with Crippen molar-refractivity contribution >= 4 is 11.9 Å². The number of likely N-dealkylation sites (tertiary alicyclic amines) is 1. The van der Waals surface area contributed by atoms with Crippen LogP contribution < -0.4 is 16.0 Å². The Balaban J connectivity index is 1.71. The maximum absolute atomic E-state index is 12.6. The molecule has 2 rings (SSSR count). The van der Waals surface area contributed by atoms with Crippen LogP contribution in [0.25, 0.3) is 0 Å². The molecular formula is C16H26F3N7. The molecule has 3 N–H and O–H groups in total. The Bertz CT molecular complexity index is 591. The van der Waals surface area contributed by atoms with Gasteiger partial charge in [-0.15, -0.1) is 0 Å². The normalized spacial score (nSPS) is 18.8. The highest BCUT2D eigenvalue weighted by atomic mass is 19.4. The van der Waals surface area contributed by atoms with Gasteiger partial charge in [-0.1, -0.05) is 6.92 Å². The number of aromatic nitrogens is 2. The van der Waals surface area contributed by atoms with E-state index >= 15 is 0 Å². The molecule has 1 fully saturated rings. The van der Waals surface area contributed by atoms with Crippen LogP contribution in [0.4, 0.5) is 19.1 Å². The van der Waals surface area contributed by atoms with Gasteiger partial charge < -0.3 is 16.0 Å². The molecular weight excluding hydrogens is 347 g/mol. The third kappa shape index (κ3) is 6.01. The van der Waals surface area contributed by atoms with Crippen molar-refractivity contribution in [2.75, 3.05) is 45.1 Å². The van der Waals surface area contributed by atoms with E-state index in [2.05, 4.69) is 42.7 Å². The molecule has 146 valence electrons. The first-order valence-electron chi connectivity index (χ1n) is 8.76. The van der Waals surface area contributed by atoms with Crippen molar-refractivity contribution in [3.05, 3.63) is 18.0 Å². The topological polar surface area (TPSA) is 77.5 Å². The van der Waals surface area contributed by atoms with Crippen LogP contribution in [-0.2, 0) is 6.18 Å². The van der Waals surface area contributed by atoms with Crippen LogP contribution in [-0.4, -0.2) is 66.6 Å². The summed E-state index contributed by atoms with van der Waals surface area (Å²) < 4.78 is 37.8. The van der Waals surface area contributed by atoms with Crippen molar-refractivity contribution in [1.82, 2.24) is 25.5 Å². The van der Waals surface area contributed by atoms with Gasteiger partial charge in [0, 0.05) is 38.9 Å². The second-order valence-electron chi connectivity index (χ2n) is 5.99. The third-order valence-corrected chi connectivity index (χ3v) is 4.28. The largest absolute Gasteiger partial charge is 0.433 e. The van der Waals surface area contributed by atoms with Crippen LogP contribution in [0.1, 0.15) is 25.5 Å². The molecule has 0 aliphatic carbocycles. The minimum absolute atomic E-state index is 0.0471. The quantitative estimate of drug-likeness (QED) is 0.383. The Morgan fingerprint density at radius 3 is 2.85 bits per heavy atom. The summed E-state index contributed by atoms with van der Waals surface area (Å²) in [6.07, 6.45) is -0.997. The molecule has 0 spiro atoms. The second kappa shape index (κ2) is 9.56. The maximum atomic E-state index is 12.6. The van der Waals surface area contributed by atoms with E-state index in [0.717, 1.165) is 31.9 Å². The van der Waals surface area contributed by atoms with Crippen LogP contribution in [0.2, 0.25) is 0 Å². The number of nitrogens with zero attached hydrogens (tertiary/aromatic N) is 4. The number of aliphatic imine (C=N–C) groups is 1. The number of likely N-dealkylation sites (N-methyl/N-ethyl adjacent to an activating group) is 1. The van der Waals surface area contributed by atoms with E-state index < -0.39 is 11.9 Å². The summed E-state index contributed by atoms with van der Waals surface area (Å²) in [7, 11) is 1.69. The zero-order valence-corrected chi connectivity index (χ0v) is 15.1. The van der Waals surface area contributed by atoms with Gasteiger partial charge in [0.05, 0.1) is 0 Å². The fourth-order valence-corrected chi connectivity index (χ4v) is 2.93. The molecule has 1 atom stereocenters. The fourth-order valence-electron chi connectivity index (χ4n) is 2.93. The predicted molar refractivity (Wildman–Crippen MR) is 95.2 cm³/mol. The van der Waals surface area contributed by atoms with Crippen molar-refractivity contribution in [3.8, 4) is 0 Å². The first kappa shape index (κ1) is 20.2. The Morgan fingerprint density at radius 1 is 1.35 bits per heavy atom. The van der Waals surface area contributed by atoms with Crippen molar-refractivity contribution in [1.29, 1.82) is 0 Å². The minimum Gasteiger partial charge on any atom is -0.355 e. The van der Waals surface area contributed by atoms with Gasteiger partial charge >= 0.3 is 6.18 Å². The van der Waals surface area contributed by atoms with Crippen LogP contribution in [0, 0.1) is 0 Å². The lowest BCUT2D eigenvalue weighted by Gasteiger charge is -2.24. The van der Waals surface area contributed by atoms with E-state index in [-0.39, 0.29) is 5.95 Å². The van der Waals surface area contributed by atoms with Crippen molar-refractivity contribution in [3.63, 3.8) is 0 Å². The molecule has 1 aromatic heterocycles. The van der Waals surface area contributed by atoms with Gasteiger partial charge in [-0.3, -0.25) is 9.89 Å². The SMILES string of the molecule is CCN1CCCC1CNC(=NC)NCCNc1nccc(C(F)(F)F)n1. The summed E-state index contributed by atoms with van der Waals surface area (Å²) in [6, 6.07) is 1.35. The van der Waals surface area contributed by atoms with Gasteiger partial charge in [-0.2, -0.15) is 13.2 Å². The zero-order chi connectivity index (χ0) is 19.0. The average Bonchev–Trinajstić information content (AvgIpc) is 3.08. The molecule has 1 aliphatic rings. The molecule has 0 bridgehead atoms. The monoisotopic (exact) mass is 373 g/mol. The number of anilines is 1. The van der Waals surface area contributed by atoms with E-state index in [1.54, 1.807) is 7.05 Å². The Kier molecular flexibility index (Phi) is 7.43. The van der Waals surface area contributed by atoms with Gasteiger partial charge in [0.15, 0.2) is 5.96 Å². The molecule has 1 unspecified atom stereocenters. The van der Waals surface area contributed by atoms with Crippen LogP contribution in [0.5, 0.6) is 0 Å². The summed E-state index contributed by atoms with van der Waals surface area (Å²) in [6.45, 7) is 5.99. The van der Waals surface area contributed by atoms with E-state index in [4.69, 9.17) is 0 Å². The van der Waals surface area contributed by atoms with Gasteiger partial charge in [0.2, 0.25) is 5.95 Å². The molecule has 26 heavy (non-hydrogen) atoms. The van der Waals surface area contributed by atoms with Gasteiger partial charge in [-0.05, 0) is 32.0 Å². The lowest BCUT2D eigenvalue weighted by Crippen LogP contribution is -2.45. The molecule has 0 radical (unpaired) electrons. The molecule has 1 saturated heterocycles. The number of hydrogen-bond acceptors (Lipinski definition) is 5. The van der Waals surface area contributed by atoms with Crippen LogP contribution in [0.3, 0.4) is 0 Å². The molecule has 0 saturated carbocycles. The van der Waals surface area contributed by atoms with E-state index in [1.165, 1.54) is 12.8 Å². The number of guanidine groups is 1. The van der Waals surface area contributed by atoms with Crippen LogP contribution >= 0.6 is 0 Å². The molecule has 1 aliphatic heterocycles. The van der Waals surface area contributed by atoms with Crippen molar-refractivity contribution in [2.45, 2.75) is 32.0 Å². The summed E-state index contributed by atoms with van der Waals surface area (Å²) in [4.78, 5) is 13.9. The average molecular weight is 373 g/mol. The summed E-state index contributed by atoms with van der Waals surface area (Å²) in [5, 5.41) is 9.19. The van der Waals surface area contributed by atoms with E-state index in [0.29, 0.717) is 25.1 Å². The smallest absolute Gasteiger partial charge is 0.355 e. The molecule has 10 heteroatoms. The number of rotatable bonds is 7. The number of halogens is 3. The molecule has 0 aromatic carbocycles. The zero-order valence-electron chi connectivity index (χ0n) is 15.1. The third-order valence-electron chi connectivity index (χ3n) is 4.28. The Labute approximate surface area is 151 Å². The standard InChI is InChI=1S/C16H26F3N7/c1-3-26-10-4-5-12(26)11-24-14(20-2)22-8-9-23-15-21-7-6-13(25-15)16(17,18)19/h6-7,12H,3-5,8-11H2,1-2H3,(H2,20,22,24)(H,21,23,25). The molecule has 0 amide bonds. The molecule has 1 aromatic rings. The van der Waals surface area contributed by atoms with Gasteiger partial charge in [0.25, 0.3) is 0 Å². The first-order valence-corrected chi connectivity index (χ1v) is 8.76. The minimum atomic E-state index is -4.48. The summed E-state index contributed by atoms with van der Waals surface area (Å²) in [5.41, 5.74) is -0.961. The van der Waals surface area contributed by atoms with Crippen LogP contribution in [0.15, 0.2) is 17.3 Å². The Morgan fingerprint density at radius 2 is 2.15 bits per heavy atom. The van der Waals surface area contributed by atoms with Crippen molar-refractivity contribution < 1.29 is 13.2 Å². The van der Waals surface area contributed by atoms with Gasteiger partial charge in [-0.25, -0.2) is 9.97 Å². The van der Waals surface area contributed by atoms with Gasteiger partial charge in [0.1, 0.15) is 5.69 Å². The lowest BCUT2D eigenvalue weighted by molar-refractivity contribution is -0.141. The predicted octanol–water partition coefficient (Wildman–Crippen LogP) is 1.56. The highest BCUT2D eigenvalue weighted by Gasteiger charge is 2.32.